The first-order valence-electron chi connectivity index (χ1n) is 6.64. The number of hydrogen-bond acceptors (Lipinski definition) is 6. The van der Waals surface area contributed by atoms with Crippen LogP contribution in [0.4, 0.5) is 4.79 Å². The summed E-state index contributed by atoms with van der Waals surface area (Å²) in [6.07, 6.45) is -2.83. The molecule has 9 heteroatoms. The largest absolute Gasteiger partial charge is 0.509 e. The van der Waals surface area contributed by atoms with E-state index in [0.29, 0.717) is 4.90 Å². The van der Waals surface area contributed by atoms with Gasteiger partial charge in [0.25, 0.3) is 0 Å². The van der Waals surface area contributed by atoms with Crippen LogP contribution in [-0.4, -0.2) is 40.2 Å². The van der Waals surface area contributed by atoms with Crippen molar-refractivity contribution in [3.05, 3.63) is 40.8 Å². The quantitative estimate of drug-likeness (QED) is 0.366. The van der Waals surface area contributed by atoms with E-state index in [9.17, 15) is 9.00 Å². The summed E-state index contributed by atoms with van der Waals surface area (Å²) in [5.41, 5.74) is 7.85. The fourth-order valence-corrected chi connectivity index (χ4v) is 4.01. The number of nitrogens with zero attached hydrogens (tertiary/aromatic N) is 3. The molecule has 6 atom stereocenters. The summed E-state index contributed by atoms with van der Waals surface area (Å²) in [6, 6.07) is 7.78. The van der Waals surface area contributed by atoms with Crippen LogP contribution in [0.15, 0.2) is 40.3 Å². The first kappa shape index (κ1) is 14.8. The average molecular weight is 323 g/mol. The van der Waals surface area contributed by atoms with Crippen molar-refractivity contribution in [3.63, 3.8) is 0 Å². The third kappa shape index (κ3) is 2.54. The fraction of sp³-hybridized carbons (Fsp3) is 0.462. The van der Waals surface area contributed by atoms with Crippen molar-refractivity contribution in [2.45, 2.75) is 41.6 Å². The van der Waals surface area contributed by atoms with Crippen LogP contribution in [0.2, 0.25) is 0 Å². The average Bonchev–Trinajstić information content (AvgIpc) is 2.92. The third-order valence-electron chi connectivity index (χ3n) is 3.59. The summed E-state index contributed by atoms with van der Waals surface area (Å²) < 4.78 is 28.5. The minimum absolute atomic E-state index is 0.515. The Kier molecular flexibility index (Phi) is 4.02. The Hall–Kier alpha value is -2.09. The lowest BCUT2D eigenvalue weighted by molar-refractivity contribution is -0.0991. The molecule has 22 heavy (non-hydrogen) atoms. The van der Waals surface area contributed by atoms with E-state index in [1.54, 1.807) is 37.3 Å². The van der Waals surface area contributed by atoms with Crippen LogP contribution in [-0.2, 0) is 25.0 Å². The second-order valence-electron chi connectivity index (χ2n) is 4.93. The van der Waals surface area contributed by atoms with Gasteiger partial charge in [-0.1, -0.05) is 23.3 Å². The van der Waals surface area contributed by atoms with Gasteiger partial charge in [-0.2, -0.15) is 0 Å². The molecule has 2 fully saturated rings. The van der Waals surface area contributed by atoms with Crippen molar-refractivity contribution in [1.29, 1.82) is 0 Å². The smallest absolute Gasteiger partial charge is 0.426 e. The van der Waals surface area contributed by atoms with Crippen molar-refractivity contribution < 1.29 is 23.2 Å². The van der Waals surface area contributed by atoms with Crippen molar-refractivity contribution in [2.24, 2.45) is 5.11 Å². The predicted octanol–water partition coefficient (Wildman–Crippen LogP) is 2.12. The molecule has 0 aromatic heterocycles. The van der Waals surface area contributed by atoms with E-state index in [1.807, 2.05) is 0 Å². The highest BCUT2D eigenvalue weighted by atomic mass is 32.2. The van der Waals surface area contributed by atoms with Crippen molar-refractivity contribution in [1.82, 2.24) is 0 Å². The lowest BCUT2D eigenvalue weighted by Gasteiger charge is -2.37. The second kappa shape index (κ2) is 5.96. The van der Waals surface area contributed by atoms with E-state index in [2.05, 4.69) is 10.0 Å². The van der Waals surface area contributed by atoms with Gasteiger partial charge >= 0.3 is 6.16 Å². The van der Waals surface area contributed by atoms with E-state index in [4.69, 9.17) is 19.7 Å². The Morgan fingerprint density at radius 2 is 1.91 bits per heavy atom. The second-order valence-corrected chi connectivity index (χ2v) is 6.46. The fourth-order valence-electron chi connectivity index (χ4n) is 2.58. The van der Waals surface area contributed by atoms with E-state index in [0.717, 1.165) is 0 Å². The van der Waals surface area contributed by atoms with Gasteiger partial charge in [-0.3, -0.25) is 4.21 Å². The SMILES string of the molecule is C[C@H]1O[C@H](S(=O)c2ccccc2)[C@H](N=[N+]=[N-])[C@H]2OC(=O)O[C@H]21. The monoisotopic (exact) mass is 323 g/mol. The number of benzene rings is 1. The van der Waals surface area contributed by atoms with Gasteiger partial charge in [0.05, 0.1) is 16.9 Å². The number of hydrogen-bond donors (Lipinski definition) is 0. The Morgan fingerprint density at radius 1 is 1.23 bits per heavy atom. The number of ether oxygens (including phenoxy) is 3. The molecule has 2 heterocycles. The molecule has 0 spiro atoms. The van der Waals surface area contributed by atoms with Gasteiger partial charge in [-0.25, -0.2) is 4.79 Å². The maximum Gasteiger partial charge on any atom is 0.509 e. The molecule has 3 rings (SSSR count). The zero-order chi connectivity index (χ0) is 15.7. The molecule has 1 aromatic carbocycles. The van der Waals surface area contributed by atoms with Crippen LogP contribution < -0.4 is 0 Å². The standard InChI is InChI=1S/C13H13N3O5S/c1-7-10-11(21-13(17)20-10)9(15-16-14)12(19-7)22(18)8-5-3-2-4-6-8/h2-7,9-12H,1H3/t7-,9-,10+,11-,12-,22?/m1/s1. The number of fused-ring (bicyclic) bond motifs is 1. The minimum Gasteiger partial charge on any atom is -0.426 e. The summed E-state index contributed by atoms with van der Waals surface area (Å²) in [6.45, 7) is 1.70. The molecule has 1 unspecified atom stereocenters. The number of carbonyl (C=O) groups excluding carboxylic acids is 1. The Balaban J connectivity index is 1.94. The summed E-state index contributed by atoms with van der Waals surface area (Å²) in [5.74, 6) is 0. The summed E-state index contributed by atoms with van der Waals surface area (Å²) in [5, 5.41) is 3.63. The molecule has 2 aliphatic rings. The zero-order valence-electron chi connectivity index (χ0n) is 11.6. The van der Waals surface area contributed by atoms with Gasteiger partial charge in [0, 0.05) is 9.81 Å². The molecule has 0 radical (unpaired) electrons. The molecule has 2 saturated heterocycles. The van der Waals surface area contributed by atoms with Gasteiger partial charge < -0.3 is 14.2 Å². The predicted molar refractivity (Wildman–Crippen MR) is 75.3 cm³/mol. The van der Waals surface area contributed by atoms with Crippen molar-refractivity contribution in [2.75, 3.05) is 0 Å². The molecule has 0 bridgehead atoms. The molecule has 0 saturated carbocycles. The normalized spacial score (nSPS) is 34.8. The van der Waals surface area contributed by atoms with Gasteiger partial charge in [-0.15, -0.1) is 0 Å². The molecule has 0 aliphatic carbocycles. The van der Waals surface area contributed by atoms with E-state index >= 15 is 0 Å². The van der Waals surface area contributed by atoms with Crippen LogP contribution >= 0.6 is 0 Å². The number of rotatable bonds is 3. The van der Waals surface area contributed by atoms with Gasteiger partial charge in [0.1, 0.15) is 11.5 Å². The van der Waals surface area contributed by atoms with E-state index in [-0.39, 0.29) is 0 Å². The third-order valence-corrected chi connectivity index (χ3v) is 5.14. The summed E-state index contributed by atoms with van der Waals surface area (Å²) in [4.78, 5) is 14.6. The lowest BCUT2D eigenvalue weighted by Crippen LogP contribution is -2.55. The molecule has 0 amide bonds. The Labute approximate surface area is 128 Å². The topological polar surface area (TPSA) is 111 Å². The highest BCUT2D eigenvalue weighted by Gasteiger charge is 2.54. The number of azide groups is 1. The van der Waals surface area contributed by atoms with E-state index in [1.165, 1.54) is 0 Å². The highest BCUT2D eigenvalue weighted by Crippen LogP contribution is 2.35. The Bertz CT molecular complexity index is 648. The van der Waals surface area contributed by atoms with Crippen LogP contribution in [0, 0.1) is 0 Å². The molecule has 0 N–H and O–H groups in total. The summed E-state index contributed by atoms with van der Waals surface area (Å²) in [7, 11) is -1.58. The molecule has 116 valence electrons. The Morgan fingerprint density at radius 3 is 2.59 bits per heavy atom. The molecular weight excluding hydrogens is 310 g/mol. The molecule has 8 nitrogen and oxygen atoms in total. The van der Waals surface area contributed by atoms with Crippen LogP contribution in [0.25, 0.3) is 10.4 Å². The van der Waals surface area contributed by atoms with Crippen LogP contribution in [0.3, 0.4) is 0 Å². The van der Waals surface area contributed by atoms with E-state index < -0.39 is 46.7 Å². The van der Waals surface area contributed by atoms with Crippen LogP contribution in [0.1, 0.15) is 6.92 Å². The zero-order valence-corrected chi connectivity index (χ0v) is 12.4. The molecule has 1 aromatic rings. The van der Waals surface area contributed by atoms with Crippen molar-refractivity contribution in [3.8, 4) is 0 Å². The molecular formula is C13H13N3O5S. The summed E-state index contributed by atoms with van der Waals surface area (Å²) >= 11 is 0. The van der Waals surface area contributed by atoms with Gasteiger partial charge in [0.2, 0.25) is 0 Å². The molecule has 2 aliphatic heterocycles. The van der Waals surface area contributed by atoms with Crippen molar-refractivity contribution >= 4 is 17.0 Å². The van der Waals surface area contributed by atoms with Crippen LogP contribution in [0.5, 0.6) is 0 Å². The van der Waals surface area contributed by atoms with Gasteiger partial charge in [-0.05, 0) is 24.6 Å². The highest BCUT2D eigenvalue weighted by molar-refractivity contribution is 7.85. The lowest BCUT2D eigenvalue weighted by atomic mass is 9.99. The number of carbonyl (C=O) groups is 1. The maximum atomic E-state index is 12.7. The first-order valence-corrected chi connectivity index (χ1v) is 7.85. The first-order chi connectivity index (χ1) is 10.6. The van der Waals surface area contributed by atoms with Gasteiger partial charge in [0.15, 0.2) is 12.2 Å². The maximum absolute atomic E-state index is 12.7. The minimum atomic E-state index is -1.58.